The summed E-state index contributed by atoms with van der Waals surface area (Å²) >= 11 is 0. The lowest BCUT2D eigenvalue weighted by Gasteiger charge is -2.19. The third-order valence-electron chi connectivity index (χ3n) is 2.55. The van der Waals surface area contributed by atoms with Gasteiger partial charge in [0, 0.05) is 19.2 Å². The largest absolute Gasteiger partial charge is 0.384 e. The molecule has 0 saturated carbocycles. The second kappa shape index (κ2) is 6.84. The Kier molecular flexibility index (Phi) is 5.69. The number of nitrogens with zero attached hydrogens (tertiary/aromatic N) is 1. The van der Waals surface area contributed by atoms with Crippen molar-refractivity contribution in [2.75, 3.05) is 20.2 Å². The molecule has 1 rings (SSSR count). The Morgan fingerprint density at radius 3 is 2.55 bits per heavy atom. The molecular formula is C14H18FNO3S. The first-order valence-electron chi connectivity index (χ1n) is 6.14. The molecule has 6 heteroatoms. The lowest BCUT2D eigenvalue weighted by Crippen LogP contribution is -2.31. The molecular weight excluding hydrogens is 281 g/mol. The van der Waals surface area contributed by atoms with Crippen molar-refractivity contribution in [2.24, 2.45) is 5.92 Å². The number of hydrogen-bond donors (Lipinski definition) is 1. The summed E-state index contributed by atoms with van der Waals surface area (Å²) in [6, 6.07) is 3.67. The minimum atomic E-state index is -3.84. The molecule has 0 fully saturated rings. The molecule has 0 unspecified atom stereocenters. The third kappa shape index (κ3) is 4.04. The summed E-state index contributed by atoms with van der Waals surface area (Å²) in [6.07, 6.45) is 0. The second-order valence-corrected chi connectivity index (χ2v) is 6.80. The molecule has 1 aromatic carbocycles. The van der Waals surface area contributed by atoms with Gasteiger partial charge in [-0.15, -0.1) is 0 Å². The Morgan fingerprint density at radius 2 is 2.05 bits per heavy atom. The van der Waals surface area contributed by atoms with Crippen LogP contribution in [0, 0.1) is 23.6 Å². The van der Waals surface area contributed by atoms with Gasteiger partial charge in [-0.2, -0.15) is 0 Å². The fourth-order valence-corrected chi connectivity index (χ4v) is 3.09. The summed E-state index contributed by atoms with van der Waals surface area (Å²) < 4.78 is 39.5. The first kappa shape index (κ1) is 16.6. The number of aliphatic hydroxyl groups excluding tert-OH is 1. The van der Waals surface area contributed by atoms with Gasteiger partial charge < -0.3 is 5.11 Å². The van der Waals surface area contributed by atoms with Crippen molar-refractivity contribution in [3.05, 3.63) is 29.6 Å². The maximum absolute atomic E-state index is 13.9. The molecule has 0 aromatic heterocycles. The quantitative estimate of drug-likeness (QED) is 0.856. The van der Waals surface area contributed by atoms with Crippen molar-refractivity contribution >= 4 is 10.0 Å². The predicted octanol–water partition coefficient (Wildman–Crippen LogP) is 1.45. The smallest absolute Gasteiger partial charge is 0.245 e. The zero-order chi connectivity index (χ0) is 15.3. The number of benzene rings is 1. The third-order valence-corrected chi connectivity index (χ3v) is 4.41. The van der Waals surface area contributed by atoms with Gasteiger partial charge in [-0.1, -0.05) is 25.7 Å². The topological polar surface area (TPSA) is 57.6 Å². The van der Waals surface area contributed by atoms with Gasteiger partial charge in [0.1, 0.15) is 17.3 Å². The SMILES string of the molecule is CC(C)CN(C)S(=O)(=O)c1ccc(C#CCO)cc1F. The Balaban J connectivity index is 3.14. The van der Waals surface area contributed by atoms with Crippen molar-refractivity contribution in [3.8, 4) is 11.8 Å². The molecule has 0 bridgehead atoms. The van der Waals surface area contributed by atoms with Crippen LogP contribution in [0.25, 0.3) is 0 Å². The van der Waals surface area contributed by atoms with E-state index in [4.69, 9.17) is 5.11 Å². The minimum absolute atomic E-state index is 0.146. The zero-order valence-electron chi connectivity index (χ0n) is 11.7. The molecule has 0 aliphatic heterocycles. The van der Waals surface area contributed by atoms with Crippen molar-refractivity contribution < 1.29 is 17.9 Å². The van der Waals surface area contributed by atoms with Gasteiger partial charge in [0.25, 0.3) is 0 Å². The fourth-order valence-electron chi connectivity index (χ4n) is 1.71. The summed E-state index contributed by atoms with van der Waals surface area (Å²) in [4.78, 5) is -0.366. The lowest BCUT2D eigenvalue weighted by atomic mass is 10.2. The average Bonchev–Trinajstić information content (AvgIpc) is 2.35. The standard InChI is InChI=1S/C14H18FNO3S/c1-11(2)10-16(3)20(18,19)14-7-6-12(5-4-8-17)9-13(14)15/h6-7,9,11,17H,8,10H2,1-3H3. The number of rotatable bonds is 4. The summed E-state index contributed by atoms with van der Waals surface area (Å²) in [7, 11) is -2.42. The van der Waals surface area contributed by atoms with E-state index in [0.717, 1.165) is 10.4 Å². The molecule has 1 N–H and O–H groups in total. The molecule has 1 aromatic rings. The number of halogens is 1. The first-order valence-corrected chi connectivity index (χ1v) is 7.58. The summed E-state index contributed by atoms with van der Waals surface area (Å²) in [5, 5.41) is 8.57. The van der Waals surface area contributed by atoms with E-state index >= 15 is 0 Å². The molecule has 0 spiro atoms. The van der Waals surface area contributed by atoms with E-state index in [0.29, 0.717) is 12.1 Å². The van der Waals surface area contributed by atoms with Gasteiger partial charge in [0.2, 0.25) is 10.0 Å². The van der Waals surface area contributed by atoms with Gasteiger partial charge in [-0.3, -0.25) is 0 Å². The molecule has 0 aliphatic rings. The second-order valence-electron chi connectivity index (χ2n) is 4.78. The van der Waals surface area contributed by atoms with Crippen LogP contribution < -0.4 is 0 Å². The van der Waals surface area contributed by atoms with Gasteiger partial charge in [0.05, 0.1) is 0 Å². The van der Waals surface area contributed by atoms with Crippen LogP contribution in [-0.4, -0.2) is 38.0 Å². The van der Waals surface area contributed by atoms with Crippen molar-refractivity contribution in [1.29, 1.82) is 0 Å². The molecule has 0 heterocycles. The van der Waals surface area contributed by atoms with Crippen LogP contribution >= 0.6 is 0 Å². The highest BCUT2D eigenvalue weighted by Gasteiger charge is 2.24. The molecule has 4 nitrogen and oxygen atoms in total. The highest BCUT2D eigenvalue weighted by molar-refractivity contribution is 7.89. The van der Waals surface area contributed by atoms with Gasteiger partial charge in [0.15, 0.2) is 0 Å². The van der Waals surface area contributed by atoms with Crippen LogP contribution in [-0.2, 0) is 10.0 Å². The van der Waals surface area contributed by atoms with E-state index in [1.54, 1.807) is 0 Å². The van der Waals surface area contributed by atoms with E-state index in [1.807, 2.05) is 13.8 Å². The maximum atomic E-state index is 13.9. The van der Waals surface area contributed by atoms with E-state index in [-0.39, 0.29) is 17.4 Å². The van der Waals surface area contributed by atoms with Gasteiger partial charge in [-0.05, 0) is 24.1 Å². The number of hydrogen-bond acceptors (Lipinski definition) is 3. The zero-order valence-corrected chi connectivity index (χ0v) is 12.5. The Bertz CT molecular complexity index is 630. The number of aliphatic hydroxyl groups is 1. The molecule has 0 saturated heterocycles. The minimum Gasteiger partial charge on any atom is -0.384 e. The van der Waals surface area contributed by atoms with Crippen molar-refractivity contribution in [3.63, 3.8) is 0 Å². The number of sulfonamides is 1. The molecule has 110 valence electrons. The van der Waals surface area contributed by atoms with Crippen molar-refractivity contribution in [1.82, 2.24) is 4.31 Å². The van der Waals surface area contributed by atoms with Crippen LogP contribution in [0.15, 0.2) is 23.1 Å². The Hall–Kier alpha value is -1.42. The van der Waals surface area contributed by atoms with Crippen LogP contribution in [0.3, 0.4) is 0 Å². The monoisotopic (exact) mass is 299 g/mol. The lowest BCUT2D eigenvalue weighted by molar-refractivity contribution is 0.350. The summed E-state index contributed by atoms with van der Waals surface area (Å²) in [6.45, 7) is 3.75. The molecule has 0 radical (unpaired) electrons. The van der Waals surface area contributed by atoms with E-state index in [2.05, 4.69) is 11.8 Å². The van der Waals surface area contributed by atoms with Crippen LogP contribution in [0.1, 0.15) is 19.4 Å². The van der Waals surface area contributed by atoms with Gasteiger partial charge >= 0.3 is 0 Å². The molecule has 20 heavy (non-hydrogen) atoms. The van der Waals surface area contributed by atoms with Crippen LogP contribution in [0.4, 0.5) is 4.39 Å². The average molecular weight is 299 g/mol. The van der Waals surface area contributed by atoms with E-state index < -0.39 is 15.8 Å². The predicted molar refractivity (Wildman–Crippen MR) is 75.0 cm³/mol. The highest BCUT2D eigenvalue weighted by atomic mass is 32.2. The Morgan fingerprint density at radius 1 is 1.40 bits per heavy atom. The van der Waals surface area contributed by atoms with Crippen LogP contribution in [0.5, 0.6) is 0 Å². The van der Waals surface area contributed by atoms with Crippen LogP contribution in [0.2, 0.25) is 0 Å². The Labute approximate surface area is 119 Å². The molecule has 0 atom stereocenters. The molecule has 0 amide bonds. The maximum Gasteiger partial charge on any atom is 0.245 e. The van der Waals surface area contributed by atoms with Crippen molar-refractivity contribution in [2.45, 2.75) is 18.7 Å². The summed E-state index contributed by atoms with van der Waals surface area (Å²) in [5.74, 6) is 4.21. The van der Waals surface area contributed by atoms with E-state index in [9.17, 15) is 12.8 Å². The fraction of sp³-hybridized carbons (Fsp3) is 0.429. The van der Waals surface area contributed by atoms with Gasteiger partial charge in [-0.25, -0.2) is 17.1 Å². The molecule has 0 aliphatic carbocycles. The summed E-state index contributed by atoms with van der Waals surface area (Å²) in [5.41, 5.74) is 0.321. The normalized spacial score (nSPS) is 11.6. The highest BCUT2D eigenvalue weighted by Crippen LogP contribution is 2.20. The first-order chi connectivity index (χ1) is 9.28. The van der Waals surface area contributed by atoms with E-state index in [1.165, 1.54) is 19.2 Å².